The minimum atomic E-state index is -4.58. The van der Waals surface area contributed by atoms with Crippen LogP contribution in [-0.2, 0) is 27.7 Å². The first-order valence-electron chi connectivity index (χ1n) is 22.8. The number of alkyl halides is 6. The molecule has 0 spiro atoms. The first-order valence-corrected chi connectivity index (χ1v) is 22.8. The van der Waals surface area contributed by atoms with Crippen LogP contribution in [0, 0.1) is 10.1 Å². The van der Waals surface area contributed by atoms with E-state index < -0.39 is 52.3 Å². The molecule has 6 aromatic carbocycles. The molecule has 3 heterocycles. The van der Waals surface area contributed by atoms with Crippen LogP contribution in [0.15, 0.2) is 138 Å². The number of nitro groups is 1. The van der Waals surface area contributed by atoms with Crippen LogP contribution in [0.5, 0.6) is 0 Å². The number of benzene rings is 6. The van der Waals surface area contributed by atoms with Crippen LogP contribution in [-0.4, -0.2) is 75.3 Å². The van der Waals surface area contributed by atoms with Gasteiger partial charge in [0.2, 0.25) is 11.9 Å². The Hall–Kier alpha value is -8.26. The Morgan fingerprint density at radius 1 is 0.764 bits per heavy atom. The van der Waals surface area contributed by atoms with Crippen LogP contribution < -0.4 is 21.2 Å². The fraction of sp³-hybridized carbons (Fsp3) is 0.231. The molecule has 8 aromatic rings. The lowest BCUT2D eigenvalue weighted by Gasteiger charge is -2.31. The molecule has 1 aliphatic carbocycles. The van der Waals surface area contributed by atoms with Gasteiger partial charge in [-0.25, -0.2) is 9.78 Å². The molecule has 0 unspecified atom stereocenters. The van der Waals surface area contributed by atoms with Gasteiger partial charge in [0.25, 0.3) is 11.6 Å². The maximum Gasteiger partial charge on any atom is 0.416 e. The molecular weight excluding hydrogens is 947 g/mol. The molecule has 0 saturated carbocycles. The van der Waals surface area contributed by atoms with Crippen molar-refractivity contribution in [3.63, 3.8) is 0 Å². The van der Waals surface area contributed by atoms with E-state index in [2.05, 4.69) is 30.1 Å². The number of hydrogen-bond acceptors (Lipinski definition) is 8. The van der Waals surface area contributed by atoms with Crippen molar-refractivity contribution in [2.24, 2.45) is 0 Å². The predicted octanol–water partition coefficient (Wildman–Crippen LogP) is 10.4. The van der Waals surface area contributed by atoms with Crippen molar-refractivity contribution in [3.8, 4) is 22.3 Å². The molecule has 20 heteroatoms. The van der Waals surface area contributed by atoms with Crippen LogP contribution in [0.1, 0.15) is 46.3 Å². The van der Waals surface area contributed by atoms with Gasteiger partial charge in [0.1, 0.15) is 23.0 Å². The van der Waals surface area contributed by atoms with E-state index in [-0.39, 0.29) is 23.2 Å². The highest BCUT2D eigenvalue weighted by atomic mass is 19.4. The number of fused-ring (bicyclic) bond motifs is 5. The molecule has 2 aliphatic rings. The fourth-order valence-electron chi connectivity index (χ4n) is 9.56. The summed E-state index contributed by atoms with van der Waals surface area (Å²) in [7, 11) is 0. The number of non-ortho nitro benzene ring substituents is 1. The number of hydrogen-bond donors (Lipinski definition) is 4. The van der Waals surface area contributed by atoms with Crippen molar-refractivity contribution in [1.29, 1.82) is 0 Å². The summed E-state index contributed by atoms with van der Waals surface area (Å²) in [5.74, 6) is -0.513. The lowest BCUT2D eigenvalue weighted by Crippen LogP contribution is -2.47. The minimum absolute atomic E-state index is 0.101. The van der Waals surface area contributed by atoms with Crippen LogP contribution in [0.2, 0.25) is 0 Å². The van der Waals surface area contributed by atoms with Crippen molar-refractivity contribution in [1.82, 2.24) is 24.8 Å². The molecule has 2 aromatic heterocycles. The van der Waals surface area contributed by atoms with Gasteiger partial charge in [-0.3, -0.25) is 19.7 Å². The number of ether oxygens (including phenoxy) is 1. The zero-order valence-electron chi connectivity index (χ0n) is 38.1. The number of nitrogens with zero attached hydrogens (tertiary/aromatic N) is 4. The van der Waals surface area contributed by atoms with E-state index in [0.29, 0.717) is 90.6 Å². The van der Waals surface area contributed by atoms with Gasteiger partial charge in [0.15, 0.2) is 0 Å². The standard InChI is InChI=1S/C45H39F6N5O3.C7H5N3O3/c46-44(47,48)28-52-41(58)43(35-14-5-3-11-32(35)33-12-4-6-15-36(33)43)22-7-8-23-56-38-17-9-16-37(39(38)54-42(56)55-24-26-59-27-25-55)53-40(57)34-13-2-1-10-31(34)29-18-20-30(21-19-29)45(49,50)51;11-7-8-4-2-1-3-5(10(12)13)6(4)9-7/h1-6,9-21H,7-8,22-28H2,(H,52,58)(H,53,57);1-3H,(H2,8,9,11). The van der Waals surface area contributed by atoms with E-state index in [4.69, 9.17) is 9.72 Å². The monoisotopic (exact) mass is 990 g/mol. The number of aromatic amines is 2. The maximum atomic E-state index is 14.1. The fourth-order valence-corrected chi connectivity index (χ4v) is 9.56. The molecular formula is C52H44F6N8O6. The number of para-hydroxylation sites is 2. The minimum Gasteiger partial charge on any atom is -0.378 e. The van der Waals surface area contributed by atoms with E-state index in [1.807, 2.05) is 42.5 Å². The summed E-state index contributed by atoms with van der Waals surface area (Å²) in [6.45, 7) is 1.12. The second kappa shape index (κ2) is 19.9. The Labute approximate surface area is 405 Å². The van der Waals surface area contributed by atoms with Gasteiger partial charge in [0, 0.05) is 31.3 Å². The molecule has 0 bridgehead atoms. The summed E-state index contributed by atoms with van der Waals surface area (Å²) >= 11 is 0. The summed E-state index contributed by atoms with van der Waals surface area (Å²) < 4.78 is 87.8. The summed E-state index contributed by atoms with van der Waals surface area (Å²) in [6.07, 6.45) is -7.81. The number of rotatable bonds is 12. The Morgan fingerprint density at radius 2 is 1.40 bits per heavy atom. The molecule has 1 fully saturated rings. The molecule has 14 nitrogen and oxygen atoms in total. The topological polar surface area (TPSA) is 180 Å². The van der Waals surface area contributed by atoms with Crippen LogP contribution in [0.4, 0.5) is 43.7 Å². The number of unbranched alkanes of at least 4 members (excludes halogenated alkanes) is 1. The Morgan fingerprint density at radius 3 is 2.06 bits per heavy atom. The smallest absolute Gasteiger partial charge is 0.378 e. The van der Waals surface area contributed by atoms with Crippen molar-refractivity contribution in [2.75, 3.05) is 43.1 Å². The highest BCUT2D eigenvalue weighted by molar-refractivity contribution is 6.11. The Bertz CT molecular complexity index is 3330. The first-order chi connectivity index (χ1) is 34.5. The lowest BCUT2D eigenvalue weighted by atomic mass is 9.73. The maximum absolute atomic E-state index is 14.1. The lowest BCUT2D eigenvalue weighted by molar-refractivity contribution is -0.383. The van der Waals surface area contributed by atoms with Gasteiger partial charge in [0.05, 0.1) is 40.4 Å². The van der Waals surface area contributed by atoms with Gasteiger partial charge in [-0.15, -0.1) is 0 Å². The van der Waals surface area contributed by atoms with E-state index in [0.717, 1.165) is 28.8 Å². The Balaban J connectivity index is 0.000000425. The SMILES string of the molecule is O=C(Nc1cccc2c1nc(N1CCOCC1)n2CCCCC1(C(=O)NCC(F)(F)F)c2ccccc2-c2ccccc21)c1ccccc1-c1ccc(C(F)(F)F)cc1.O=c1[nH]c2cccc([N+](=O)[O-])c2[nH]1. The summed E-state index contributed by atoms with van der Waals surface area (Å²) in [4.78, 5) is 60.7. The van der Waals surface area contributed by atoms with Crippen molar-refractivity contribution in [3.05, 3.63) is 176 Å². The van der Waals surface area contributed by atoms with Crippen molar-refractivity contribution in [2.45, 2.75) is 43.6 Å². The number of H-pyrrole nitrogens is 2. The number of nitro benzene ring substituents is 1. The average Bonchev–Trinajstić information content (AvgIpc) is 4.04. The third kappa shape index (κ3) is 9.76. The van der Waals surface area contributed by atoms with Gasteiger partial charge >= 0.3 is 18.0 Å². The number of nitrogens with one attached hydrogen (secondary N) is 4. The number of carbonyl (C=O) groups excluding carboxylic acids is 2. The summed E-state index contributed by atoms with van der Waals surface area (Å²) in [5.41, 5.74) is 3.84. The number of morpholine rings is 1. The molecule has 10 rings (SSSR count). The first kappa shape index (κ1) is 48.8. The highest BCUT2D eigenvalue weighted by Gasteiger charge is 2.49. The van der Waals surface area contributed by atoms with E-state index in [1.165, 1.54) is 24.3 Å². The molecule has 370 valence electrons. The molecule has 0 atom stereocenters. The summed E-state index contributed by atoms with van der Waals surface area (Å²) in [6, 6.07) is 35.9. The number of imidazole rings is 2. The van der Waals surface area contributed by atoms with Crippen LogP contribution >= 0.6 is 0 Å². The summed E-state index contributed by atoms with van der Waals surface area (Å²) in [5, 5.41) is 15.7. The van der Waals surface area contributed by atoms with Crippen molar-refractivity contribution >= 4 is 51.2 Å². The molecule has 0 radical (unpaired) electrons. The van der Waals surface area contributed by atoms with E-state index in [1.54, 1.807) is 54.6 Å². The van der Waals surface area contributed by atoms with Crippen LogP contribution in [0.25, 0.3) is 44.3 Å². The highest BCUT2D eigenvalue weighted by Crippen LogP contribution is 2.52. The van der Waals surface area contributed by atoms with E-state index >= 15 is 0 Å². The largest absolute Gasteiger partial charge is 0.416 e. The number of halogens is 6. The molecule has 4 N–H and O–H groups in total. The normalized spacial score (nSPS) is 14.1. The van der Waals surface area contributed by atoms with Crippen molar-refractivity contribution < 1.29 is 45.6 Å². The number of amides is 2. The predicted molar refractivity (Wildman–Crippen MR) is 259 cm³/mol. The number of anilines is 2. The zero-order valence-corrected chi connectivity index (χ0v) is 38.1. The van der Waals surface area contributed by atoms with Gasteiger partial charge in [-0.2, -0.15) is 26.3 Å². The molecule has 2 amide bonds. The second-order valence-corrected chi connectivity index (χ2v) is 17.2. The number of aromatic nitrogens is 4. The van der Waals surface area contributed by atoms with Gasteiger partial charge < -0.3 is 34.8 Å². The zero-order chi connectivity index (χ0) is 50.8. The number of aryl methyl sites for hydroxylation is 1. The number of carbonyl (C=O) groups is 2. The second-order valence-electron chi connectivity index (χ2n) is 17.2. The molecule has 1 saturated heterocycles. The van der Waals surface area contributed by atoms with E-state index in [9.17, 15) is 50.8 Å². The van der Waals surface area contributed by atoms with Gasteiger partial charge in [-0.05, 0) is 89.0 Å². The molecule has 72 heavy (non-hydrogen) atoms. The van der Waals surface area contributed by atoms with Gasteiger partial charge in [-0.1, -0.05) is 91.0 Å². The molecule has 1 aliphatic heterocycles. The van der Waals surface area contributed by atoms with Crippen LogP contribution in [0.3, 0.4) is 0 Å². The quantitative estimate of drug-likeness (QED) is 0.0404. The average molecular weight is 991 g/mol. The third-order valence-electron chi connectivity index (χ3n) is 12.8. The Kier molecular flexibility index (Phi) is 13.4. The third-order valence-corrected chi connectivity index (χ3v) is 12.8.